The standard InChI is InChI=1S/C26H33BrNP/c1-28(2)22-14-3-4-15-23-29(27,24-16-8-5-9-17-24,25-18-10-6-11-19-25)26-20-12-7-13-21-26/h5-13,16-21H,3-4,14-15,22-23H2,1-2H3. The Labute approximate surface area is 184 Å². The quantitative estimate of drug-likeness (QED) is 0.262. The van der Waals surface area contributed by atoms with E-state index >= 15 is 0 Å². The van der Waals surface area contributed by atoms with Crippen LogP contribution in [-0.2, 0) is 0 Å². The van der Waals surface area contributed by atoms with E-state index in [1.165, 1.54) is 48.1 Å². The van der Waals surface area contributed by atoms with Gasteiger partial charge in [-0.1, -0.05) is 0 Å². The summed E-state index contributed by atoms with van der Waals surface area (Å²) in [7, 11) is 4.32. The molecule has 0 saturated heterocycles. The van der Waals surface area contributed by atoms with Gasteiger partial charge in [-0.25, -0.2) is 0 Å². The molecule has 0 atom stereocenters. The average Bonchev–Trinajstić information content (AvgIpc) is 2.78. The van der Waals surface area contributed by atoms with Crippen LogP contribution in [0.3, 0.4) is 0 Å². The number of rotatable bonds is 10. The van der Waals surface area contributed by atoms with E-state index in [4.69, 9.17) is 0 Å². The van der Waals surface area contributed by atoms with Gasteiger partial charge in [0.15, 0.2) is 0 Å². The number of unbranched alkanes of at least 4 members (excludes halogenated alkanes) is 3. The molecule has 154 valence electrons. The van der Waals surface area contributed by atoms with Crippen LogP contribution in [-0.4, -0.2) is 31.7 Å². The Bertz CT molecular complexity index is 766. The predicted octanol–water partition coefficient (Wildman–Crippen LogP) is 5.95. The molecule has 0 radical (unpaired) electrons. The summed E-state index contributed by atoms with van der Waals surface area (Å²) >= 11 is 4.53. The molecular formula is C26H33BrNP. The van der Waals surface area contributed by atoms with E-state index in [-0.39, 0.29) is 0 Å². The van der Waals surface area contributed by atoms with Gasteiger partial charge < -0.3 is 0 Å². The molecule has 0 amide bonds. The molecule has 3 heteroatoms. The van der Waals surface area contributed by atoms with Gasteiger partial charge in [0.25, 0.3) is 0 Å². The van der Waals surface area contributed by atoms with Crippen molar-refractivity contribution in [3.05, 3.63) is 91.0 Å². The van der Waals surface area contributed by atoms with Crippen LogP contribution in [0.5, 0.6) is 0 Å². The summed E-state index contributed by atoms with van der Waals surface area (Å²) in [6.45, 7) is 1.17. The zero-order chi connectivity index (χ0) is 20.6. The van der Waals surface area contributed by atoms with Crippen LogP contribution in [0.4, 0.5) is 0 Å². The fraction of sp³-hybridized carbons (Fsp3) is 0.308. The summed E-state index contributed by atoms with van der Waals surface area (Å²) in [4.78, 5) is 2.28. The molecule has 3 aromatic rings. The van der Waals surface area contributed by atoms with E-state index in [9.17, 15) is 0 Å². The molecule has 0 aliphatic heterocycles. The summed E-state index contributed by atoms with van der Waals surface area (Å²) in [5.74, 6) is 0. The average molecular weight is 470 g/mol. The number of hydrogen-bond acceptors (Lipinski definition) is 1. The summed E-state index contributed by atoms with van der Waals surface area (Å²) in [5, 5.41) is 1.55. The Balaban J connectivity index is 2.02. The molecule has 0 aliphatic rings. The Morgan fingerprint density at radius 3 is 1.34 bits per heavy atom. The van der Waals surface area contributed by atoms with Gasteiger partial charge in [0.2, 0.25) is 0 Å². The Kier molecular flexibility index (Phi) is 7.68. The third-order valence-electron chi connectivity index (χ3n) is 5.82. The molecule has 29 heavy (non-hydrogen) atoms. The molecule has 0 saturated carbocycles. The van der Waals surface area contributed by atoms with Crippen molar-refractivity contribution in [1.82, 2.24) is 4.90 Å². The van der Waals surface area contributed by atoms with Crippen molar-refractivity contribution in [2.45, 2.75) is 25.7 Å². The Morgan fingerprint density at radius 1 is 0.586 bits per heavy atom. The molecule has 1 nitrogen and oxygen atoms in total. The molecule has 3 aromatic carbocycles. The minimum absolute atomic E-state index is 1.14. The van der Waals surface area contributed by atoms with Crippen molar-refractivity contribution < 1.29 is 0 Å². The third-order valence-corrected chi connectivity index (χ3v) is 15.8. The van der Waals surface area contributed by atoms with Gasteiger partial charge in [-0.3, -0.25) is 0 Å². The van der Waals surface area contributed by atoms with Crippen molar-refractivity contribution in [2.75, 3.05) is 26.8 Å². The summed E-state index contributed by atoms with van der Waals surface area (Å²) in [6.07, 6.45) is 6.19. The first kappa shape index (κ1) is 22.2. The van der Waals surface area contributed by atoms with Gasteiger partial charge in [0.05, 0.1) is 0 Å². The summed E-state index contributed by atoms with van der Waals surface area (Å²) in [5.41, 5.74) is 0. The van der Waals surface area contributed by atoms with Crippen molar-refractivity contribution in [1.29, 1.82) is 0 Å². The molecule has 0 bridgehead atoms. The maximum absolute atomic E-state index is 4.53. The van der Waals surface area contributed by atoms with Gasteiger partial charge in [0, 0.05) is 0 Å². The molecule has 0 N–H and O–H groups in total. The topological polar surface area (TPSA) is 3.24 Å². The van der Waals surface area contributed by atoms with Crippen molar-refractivity contribution in [3.63, 3.8) is 0 Å². The fourth-order valence-corrected chi connectivity index (χ4v) is 12.0. The summed E-state index contributed by atoms with van der Waals surface area (Å²) < 4.78 is 0. The van der Waals surface area contributed by atoms with Crippen molar-refractivity contribution >= 4 is 36.7 Å². The Morgan fingerprint density at radius 2 is 0.966 bits per heavy atom. The van der Waals surface area contributed by atoms with Crippen LogP contribution in [0.25, 0.3) is 0 Å². The molecule has 0 aromatic heterocycles. The molecule has 0 unspecified atom stereocenters. The molecule has 0 heterocycles. The van der Waals surface area contributed by atoms with E-state index in [1.807, 2.05) is 0 Å². The van der Waals surface area contributed by atoms with Gasteiger partial charge in [-0.2, -0.15) is 0 Å². The Hall–Kier alpha value is -1.47. The van der Waals surface area contributed by atoms with Gasteiger partial charge in [-0.15, -0.1) is 0 Å². The first-order valence-electron chi connectivity index (χ1n) is 10.6. The molecule has 0 spiro atoms. The van der Waals surface area contributed by atoms with Crippen LogP contribution < -0.4 is 15.9 Å². The molecule has 0 fully saturated rings. The van der Waals surface area contributed by atoms with E-state index in [0.717, 1.165) is 6.16 Å². The first-order valence-corrected chi connectivity index (χ1v) is 15.0. The number of nitrogens with zero attached hydrogens (tertiary/aromatic N) is 1. The monoisotopic (exact) mass is 469 g/mol. The van der Waals surface area contributed by atoms with E-state index in [0.29, 0.717) is 0 Å². The van der Waals surface area contributed by atoms with Crippen molar-refractivity contribution in [2.24, 2.45) is 0 Å². The number of halogens is 1. The summed E-state index contributed by atoms with van der Waals surface area (Å²) in [6, 6.07) is 33.4. The van der Waals surface area contributed by atoms with Gasteiger partial charge in [-0.05, 0) is 0 Å². The van der Waals surface area contributed by atoms with Crippen LogP contribution in [0, 0.1) is 0 Å². The van der Waals surface area contributed by atoms with E-state index in [1.54, 1.807) is 0 Å². The molecule has 0 aliphatic carbocycles. The van der Waals surface area contributed by atoms with Crippen molar-refractivity contribution in [3.8, 4) is 0 Å². The zero-order valence-electron chi connectivity index (χ0n) is 17.7. The normalized spacial score (nSPS) is 13.2. The van der Waals surface area contributed by atoms with Gasteiger partial charge >= 0.3 is 185 Å². The second kappa shape index (κ2) is 10.0. The minimum atomic E-state index is -2.72. The van der Waals surface area contributed by atoms with E-state index in [2.05, 4.69) is 125 Å². The number of benzene rings is 3. The van der Waals surface area contributed by atoms with Gasteiger partial charge in [0.1, 0.15) is 0 Å². The van der Waals surface area contributed by atoms with Crippen LogP contribution in [0.2, 0.25) is 0 Å². The van der Waals surface area contributed by atoms with Crippen LogP contribution in [0.15, 0.2) is 91.0 Å². The zero-order valence-corrected chi connectivity index (χ0v) is 20.2. The molecule has 3 rings (SSSR count). The SMILES string of the molecule is CN(C)CCCCCCP(Br)(c1ccccc1)(c1ccccc1)c1ccccc1. The van der Waals surface area contributed by atoms with Crippen LogP contribution >= 0.6 is 20.8 Å². The maximum atomic E-state index is 4.53. The number of hydrogen-bond donors (Lipinski definition) is 0. The predicted molar refractivity (Wildman–Crippen MR) is 136 cm³/mol. The van der Waals surface area contributed by atoms with Crippen LogP contribution in [0.1, 0.15) is 25.7 Å². The first-order chi connectivity index (χ1) is 14.1. The third kappa shape index (κ3) is 4.82. The molecular weight excluding hydrogens is 437 g/mol. The second-order valence-electron chi connectivity index (χ2n) is 8.13. The second-order valence-corrected chi connectivity index (χ2v) is 17.2. The fourth-order valence-electron chi connectivity index (χ4n) is 4.24. The van der Waals surface area contributed by atoms with E-state index < -0.39 is 5.31 Å².